The van der Waals surface area contributed by atoms with Gasteiger partial charge in [0.1, 0.15) is 17.8 Å². The quantitative estimate of drug-likeness (QED) is 0.538. The van der Waals surface area contributed by atoms with Crippen LogP contribution in [0.2, 0.25) is 0 Å². The van der Waals surface area contributed by atoms with Gasteiger partial charge in [-0.25, -0.2) is 4.98 Å². The number of fused-ring (bicyclic) bond motifs is 1. The van der Waals surface area contributed by atoms with Gasteiger partial charge in [-0.2, -0.15) is 5.26 Å². The highest BCUT2D eigenvalue weighted by atomic mass is 16.2. The number of carbonyl (C=O) groups excluding carboxylic acids is 4. The molecule has 0 saturated carbocycles. The molecular formula is C23H17N5O4. The summed E-state index contributed by atoms with van der Waals surface area (Å²) in [4.78, 5) is 53.6. The number of benzene rings is 1. The Labute approximate surface area is 183 Å². The van der Waals surface area contributed by atoms with E-state index in [1.54, 1.807) is 18.2 Å². The molecule has 2 N–H and O–H groups in total. The van der Waals surface area contributed by atoms with Crippen LogP contribution in [0.1, 0.15) is 45.6 Å². The summed E-state index contributed by atoms with van der Waals surface area (Å²) in [7, 11) is 0. The Balaban J connectivity index is 1.37. The molecule has 0 spiro atoms. The first-order valence-corrected chi connectivity index (χ1v) is 9.87. The Bertz CT molecular complexity index is 1230. The first-order valence-electron chi connectivity index (χ1n) is 9.87. The van der Waals surface area contributed by atoms with Crippen molar-refractivity contribution >= 4 is 23.6 Å². The fraction of sp³-hybridized carbons (Fsp3) is 0.217. The van der Waals surface area contributed by atoms with Crippen molar-refractivity contribution in [3.63, 3.8) is 0 Å². The molecule has 32 heavy (non-hydrogen) atoms. The van der Waals surface area contributed by atoms with Crippen molar-refractivity contribution < 1.29 is 19.2 Å². The van der Waals surface area contributed by atoms with Crippen LogP contribution in [0.5, 0.6) is 0 Å². The van der Waals surface area contributed by atoms with Crippen LogP contribution in [0.25, 0.3) is 0 Å². The van der Waals surface area contributed by atoms with Gasteiger partial charge < -0.3 is 10.2 Å². The normalized spacial score (nSPS) is 17.0. The van der Waals surface area contributed by atoms with Crippen molar-refractivity contribution in [3.05, 3.63) is 64.5 Å². The number of hydrogen-bond acceptors (Lipinski definition) is 6. The summed E-state index contributed by atoms with van der Waals surface area (Å²) >= 11 is 0. The van der Waals surface area contributed by atoms with E-state index in [0.717, 1.165) is 11.1 Å². The van der Waals surface area contributed by atoms with Crippen LogP contribution in [0, 0.1) is 23.2 Å². The van der Waals surface area contributed by atoms with Gasteiger partial charge >= 0.3 is 0 Å². The van der Waals surface area contributed by atoms with E-state index in [0.29, 0.717) is 17.5 Å². The third kappa shape index (κ3) is 4.32. The largest absolute Gasteiger partial charge is 0.341 e. The van der Waals surface area contributed by atoms with Gasteiger partial charge in [-0.1, -0.05) is 18.1 Å². The van der Waals surface area contributed by atoms with E-state index in [-0.39, 0.29) is 37.0 Å². The molecule has 0 bridgehead atoms. The van der Waals surface area contributed by atoms with Gasteiger partial charge in [0.15, 0.2) is 0 Å². The minimum Gasteiger partial charge on any atom is -0.341 e. The Hall–Kier alpha value is -4.50. The molecule has 158 valence electrons. The van der Waals surface area contributed by atoms with Gasteiger partial charge in [0.2, 0.25) is 11.8 Å². The number of pyridine rings is 1. The van der Waals surface area contributed by atoms with Crippen LogP contribution < -0.4 is 10.6 Å². The molecule has 1 atom stereocenters. The molecule has 2 aliphatic heterocycles. The second-order valence-corrected chi connectivity index (χ2v) is 7.37. The van der Waals surface area contributed by atoms with Gasteiger partial charge in [0, 0.05) is 42.8 Å². The molecule has 2 aromatic rings. The smallest absolute Gasteiger partial charge is 0.296 e. The summed E-state index contributed by atoms with van der Waals surface area (Å²) in [6, 6.07) is 9.61. The number of rotatable bonds is 3. The van der Waals surface area contributed by atoms with Crippen molar-refractivity contribution in [1.82, 2.24) is 20.5 Å². The van der Waals surface area contributed by atoms with E-state index in [1.165, 1.54) is 17.2 Å². The molecule has 1 saturated heterocycles. The number of nitriles is 1. The molecule has 1 fully saturated rings. The summed E-state index contributed by atoms with van der Waals surface area (Å²) in [5, 5.41) is 13.7. The van der Waals surface area contributed by atoms with Crippen LogP contribution >= 0.6 is 0 Å². The van der Waals surface area contributed by atoms with E-state index in [4.69, 9.17) is 5.26 Å². The van der Waals surface area contributed by atoms with Crippen LogP contribution in [-0.4, -0.2) is 39.6 Å². The van der Waals surface area contributed by atoms with E-state index in [2.05, 4.69) is 27.5 Å². The molecule has 9 heteroatoms. The lowest BCUT2D eigenvalue weighted by molar-refractivity contribution is -0.137. The van der Waals surface area contributed by atoms with E-state index in [9.17, 15) is 19.2 Å². The van der Waals surface area contributed by atoms with Gasteiger partial charge in [0.05, 0.1) is 0 Å². The number of carbonyl (C=O) groups is 4. The topological polar surface area (TPSA) is 132 Å². The SMILES string of the molecule is N#Cc1ccc(C#CC(=O)NCc2ccc3c(c2)CN(C2CCC(=O)NC2=O)C3=O)cn1. The number of nitrogens with one attached hydrogen (secondary N) is 2. The predicted octanol–water partition coefficient (Wildman–Crippen LogP) is 0.382. The average molecular weight is 427 g/mol. The number of nitrogens with zero attached hydrogens (tertiary/aromatic N) is 3. The zero-order valence-electron chi connectivity index (χ0n) is 16.8. The molecular weight excluding hydrogens is 410 g/mol. The average Bonchev–Trinajstić information content (AvgIpc) is 3.12. The minimum atomic E-state index is -0.664. The Morgan fingerprint density at radius 1 is 1.25 bits per heavy atom. The lowest BCUT2D eigenvalue weighted by atomic mass is 10.0. The van der Waals surface area contributed by atoms with Crippen LogP contribution in [0.4, 0.5) is 0 Å². The monoisotopic (exact) mass is 427 g/mol. The first kappa shape index (κ1) is 20.8. The lowest BCUT2D eigenvalue weighted by Gasteiger charge is -2.29. The predicted molar refractivity (Wildman–Crippen MR) is 110 cm³/mol. The van der Waals surface area contributed by atoms with E-state index < -0.39 is 17.9 Å². The first-order chi connectivity index (χ1) is 15.4. The number of hydrogen-bond donors (Lipinski definition) is 2. The van der Waals surface area contributed by atoms with Gasteiger partial charge in [-0.3, -0.25) is 24.5 Å². The van der Waals surface area contributed by atoms with Crippen LogP contribution in [-0.2, 0) is 27.5 Å². The van der Waals surface area contributed by atoms with E-state index >= 15 is 0 Å². The van der Waals surface area contributed by atoms with Gasteiger partial charge in [-0.15, -0.1) is 0 Å². The molecule has 1 unspecified atom stereocenters. The van der Waals surface area contributed by atoms with Gasteiger partial charge in [-0.05, 0) is 35.7 Å². The minimum absolute atomic E-state index is 0.202. The van der Waals surface area contributed by atoms with Crippen molar-refractivity contribution in [1.29, 1.82) is 5.26 Å². The molecule has 3 heterocycles. The van der Waals surface area contributed by atoms with Gasteiger partial charge in [0.25, 0.3) is 11.8 Å². The summed E-state index contributed by atoms with van der Waals surface area (Å²) < 4.78 is 0. The molecule has 4 rings (SSSR count). The summed E-state index contributed by atoms with van der Waals surface area (Å²) in [6.07, 6.45) is 1.93. The highest BCUT2D eigenvalue weighted by molar-refractivity contribution is 6.05. The summed E-state index contributed by atoms with van der Waals surface area (Å²) in [5.74, 6) is 3.65. The second kappa shape index (κ2) is 8.70. The lowest BCUT2D eigenvalue weighted by Crippen LogP contribution is -2.52. The van der Waals surface area contributed by atoms with Crippen molar-refractivity contribution in [2.45, 2.75) is 32.0 Å². The Kier molecular flexibility index (Phi) is 5.65. The molecule has 1 aromatic carbocycles. The Morgan fingerprint density at radius 2 is 2.09 bits per heavy atom. The third-order valence-electron chi connectivity index (χ3n) is 5.24. The fourth-order valence-corrected chi connectivity index (χ4v) is 3.63. The van der Waals surface area contributed by atoms with Crippen molar-refractivity contribution in [2.24, 2.45) is 0 Å². The molecule has 0 radical (unpaired) electrons. The Morgan fingerprint density at radius 3 is 2.81 bits per heavy atom. The summed E-state index contributed by atoms with van der Waals surface area (Å²) in [5.41, 5.74) is 2.85. The molecule has 9 nitrogen and oxygen atoms in total. The number of piperidine rings is 1. The molecule has 0 aliphatic carbocycles. The maximum Gasteiger partial charge on any atom is 0.296 e. The zero-order chi connectivity index (χ0) is 22.7. The highest BCUT2D eigenvalue weighted by Gasteiger charge is 2.38. The standard InChI is InChI=1S/C23H17N5O4/c24-10-17-4-1-14(11-25-17)3-7-20(29)26-12-15-2-5-18-16(9-15)13-28(23(18)32)19-6-8-21(30)27-22(19)31/h1-2,4-5,9,11,19H,6,8,12-13H2,(H,26,29)(H,27,30,31). The van der Waals surface area contributed by atoms with Crippen LogP contribution in [0.3, 0.4) is 0 Å². The molecule has 1 aromatic heterocycles. The summed E-state index contributed by atoms with van der Waals surface area (Å²) in [6.45, 7) is 0.493. The zero-order valence-corrected chi connectivity index (χ0v) is 16.8. The number of amides is 4. The van der Waals surface area contributed by atoms with Crippen molar-refractivity contribution in [2.75, 3.05) is 0 Å². The number of aromatic nitrogens is 1. The maximum absolute atomic E-state index is 12.7. The van der Waals surface area contributed by atoms with Crippen molar-refractivity contribution in [3.8, 4) is 17.9 Å². The number of imide groups is 1. The molecule has 2 aliphatic rings. The van der Waals surface area contributed by atoms with Crippen LogP contribution in [0.15, 0.2) is 36.5 Å². The third-order valence-corrected chi connectivity index (χ3v) is 5.24. The highest BCUT2D eigenvalue weighted by Crippen LogP contribution is 2.28. The maximum atomic E-state index is 12.7. The second-order valence-electron chi connectivity index (χ2n) is 7.37. The fourth-order valence-electron chi connectivity index (χ4n) is 3.63. The molecule has 4 amide bonds. The van der Waals surface area contributed by atoms with E-state index in [1.807, 2.05) is 12.1 Å².